The van der Waals surface area contributed by atoms with E-state index < -0.39 is 10.0 Å². The van der Waals surface area contributed by atoms with Crippen LogP contribution in [0.1, 0.15) is 18.5 Å². The number of sulfonamides is 1. The molecule has 0 saturated heterocycles. The number of aromatic amines is 2. The summed E-state index contributed by atoms with van der Waals surface area (Å²) in [6.45, 7) is 1.73. The van der Waals surface area contributed by atoms with Gasteiger partial charge in [0, 0.05) is 17.8 Å². The SMILES string of the molecule is CC(NS(=O)(=O)c1ccn[nH]1)c1cn[nH]c1. The molecule has 0 bridgehead atoms. The van der Waals surface area contributed by atoms with Crippen LogP contribution in [-0.4, -0.2) is 28.8 Å². The summed E-state index contributed by atoms with van der Waals surface area (Å²) in [5, 5.41) is 12.4. The summed E-state index contributed by atoms with van der Waals surface area (Å²) < 4.78 is 26.1. The Labute approximate surface area is 92.3 Å². The van der Waals surface area contributed by atoms with E-state index in [0.29, 0.717) is 0 Å². The minimum Gasteiger partial charge on any atom is -0.285 e. The van der Waals surface area contributed by atoms with Gasteiger partial charge in [0.15, 0.2) is 5.03 Å². The lowest BCUT2D eigenvalue weighted by atomic mass is 10.2. The Hall–Kier alpha value is -1.67. The van der Waals surface area contributed by atoms with Crippen molar-refractivity contribution in [2.45, 2.75) is 18.0 Å². The van der Waals surface area contributed by atoms with Crippen molar-refractivity contribution in [2.75, 3.05) is 0 Å². The topological polar surface area (TPSA) is 104 Å². The maximum absolute atomic E-state index is 11.8. The van der Waals surface area contributed by atoms with Crippen LogP contribution in [0.25, 0.3) is 0 Å². The molecule has 86 valence electrons. The van der Waals surface area contributed by atoms with Gasteiger partial charge in [-0.3, -0.25) is 10.2 Å². The van der Waals surface area contributed by atoms with Crippen LogP contribution < -0.4 is 4.72 Å². The predicted molar refractivity (Wildman–Crippen MR) is 55.9 cm³/mol. The second-order valence-corrected chi connectivity index (χ2v) is 4.98. The Morgan fingerprint density at radius 1 is 1.44 bits per heavy atom. The Morgan fingerprint density at radius 2 is 2.25 bits per heavy atom. The molecule has 0 amide bonds. The largest absolute Gasteiger partial charge is 0.285 e. The average Bonchev–Trinajstić information content (AvgIpc) is 2.91. The summed E-state index contributed by atoms with van der Waals surface area (Å²) in [5.41, 5.74) is 0.767. The van der Waals surface area contributed by atoms with Gasteiger partial charge in [0.1, 0.15) is 0 Å². The van der Waals surface area contributed by atoms with Crippen molar-refractivity contribution in [3.63, 3.8) is 0 Å². The lowest BCUT2D eigenvalue weighted by Crippen LogP contribution is -2.27. The molecule has 0 aliphatic heterocycles. The van der Waals surface area contributed by atoms with E-state index >= 15 is 0 Å². The van der Waals surface area contributed by atoms with Crippen molar-refractivity contribution in [3.8, 4) is 0 Å². The van der Waals surface area contributed by atoms with E-state index in [4.69, 9.17) is 0 Å². The van der Waals surface area contributed by atoms with E-state index in [9.17, 15) is 8.42 Å². The molecule has 0 aliphatic rings. The summed E-state index contributed by atoms with van der Waals surface area (Å²) in [7, 11) is -3.55. The first kappa shape index (κ1) is 10.8. The molecule has 2 rings (SSSR count). The third-order valence-electron chi connectivity index (χ3n) is 2.12. The molecule has 1 unspecified atom stereocenters. The highest BCUT2D eigenvalue weighted by atomic mass is 32.2. The van der Waals surface area contributed by atoms with Crippen LogP contribution in [0.5, 0.6) is 0 Å². The van der Waals surface area contributed by atoms with Gasteiger partial charge in [0.05, 0.1) is 12.4 Å². The van der Waals surface area contributed by atoms with E-state index in [1.807, 2.05) is 0 Å². The third-order valence-corrected chi connectivity index (χ3v) is 3.59. The zero-order valence-corrected chi connectivity index (χ0v) is 9.32. The molecule has 3 N–H and O–H groups in total. The maximum Gasteiger partial charge on any atom is 0.258 e. The second kappa shape index (κ2) is 4.06. The van der Waals surface area contributed by atoms with Crippen molar-refractivity contribution in [1.29, 1.82) is 0 Å². The Bertz CT molecular complexity index is 531. The van der Waals surface area contributed by atoms with Gasteiger partial charge >= 0.3 is 0 Å². The zero-order valence-electron chi connectivity index (χ0n) is 8.51. The monoisotopic (exact) mass is 241 g/mol. The first-order valence-electron chi connectivity index (χ1n) is 4.60. The Balaban J connectivity index is 2.16. The molecule has 2 aromatic heterocycles. The van der Waals surface area contributed by atoms with Gasteiger partial charge in [-0.25, -0.2) is 13.1 Å². The van der Waals surface area contributed by atoms with Crippen molar-refractivity contribution in [1.82, 2.24) is 25.1 Å². The number of nitrogens with zero attached hydrogens (tertiary/aromatic N) is 2. The number of nitrogens with one attached hydrogen (secondary N) is 3. The lowest BCUT2D eigenvalue weighted by molar-refractivity contribution is 0.563. The average molecular weight is 241 g/mol. The van der Waals surface area contributed by atoms with Crippen LogP contribution in [0, 0.1) is 0 Å². The minimum absolute atomic E-state index is 0.0443. The molecule has 1 atom stereocenters. The molecule has 7 nitrogen and oxygen atoms in total. The van der Waals surface area contributed by atoms with Gasteiger partial charge in [-0.1, -0.05) is 0 Å². The smallest absolute Gasteiger partial charge is 0.258 e. The highest BCUT2D eigenvalue weighted by Gasteiger charge is 2.19. The quantitative estimate of drug-likeness (QED) is 0.709. The van der Waals surface area contributed by atoms with Crippen LogP contribution in [0.3, 0.4) is 0 Å². The fourth-order valence-electron chi connectivity index (χ4n) is 1.25. The molecule has 8 heteroatoms. The van der Waals surface area contributed by atoms with Crippen LogP contribution in [0.2, 0.25) is 0 Å². The molecular formula is C8H11N5O2S. The zero-order chi connectivity index (χ0) is 11.6. The van der Waals surface area contributed by atoms with Gasteiger partial charge in [-0.15, -0.1) is 0 Å². The summed E-state index contributed by atoms with van der Waals surface area (Å²) in [6.07, 6.45) is 4.59. The van der Waals surface area contributed by atoms with Crippen LogP contribution in [0.15, 0.2) is 29.7 Å². The normalized spacial score (nSPS) is 13.8. The lowest BCUT2D eigenvalue weighted by Gasteiger charge is -2.10. The first-order chi connectivity index (χ1) is 7.59. The summed E-state index contributed by atoms with van der Waals surface area (Å²) in [4.78, 5) is 0. The van der Waals surface area contributed by atoms with Gasteiger partial charge < -0.3 is 0 Å². The van der Waals surface area contributed by atoms with E-state index in [-0.39, 0.29) is 11.1 Å². The van der Waals surface area contributed by atoms with Crippen molar-refractivity contribution in [3.05, 3.63) is 30.2 Å². The molecule has 2 aromatic rings. The van der Waals surface area contributed by atoms with Gasteiger partial charge in [-0.05, 0) is 13.0 Å². The standard InChI is InChI=1S/C8H11N5O2S/c1-6(7-4-10-11-5-7)13-16(14,15)8-2-3-9-12-8/h2-6,13H,1H3,(H,9,12)(H,10,11). The predicted octanol–water partition coefficient (Wildman–Crippen LogP) is 0.172. The second-order valence-electron chi connectivity index (χ2n) is 3.30. The molecule has 0 fully saturated rings. The van der Waals surface area contributed by atoms with E-state index in [1.165, 1.54) is 12.3 Å². The molecule has 0 radical (unpaired) electrons. The Kier molecular flexibility index (Phi) is 2.75. The molecule has 0 aromatic carbocycles. The van der Waals surface area contributed by atoms with Crippen molar-refractivity contribution in [2.24, 2.45) is 0 Å². The minimum atomic E-state index is -3.55. The maximum atomic E-state index is 11.8. The molecule has 0 saturated carbocycles. The van der Waals surface area contributed by atoms with Crippen LogP contribution in [0.4, 0.5) is 0 Å². The van der Waals surface area contributed by atoms with E-state index in [2.05, 4.69) is 25.1 Å². The van der Waals surface area contributed by atoms with Crippen molar-refractivity contribution >= 4 is 10.0 Å². The number of H-pyrrole nitrogens is 2. The summed E-state index contributed by atoms with van der Waals surface area (Å²) >= 11 is 0. The summed E-state index contributed by atoms with van der Waals surface area (Å²) in [6, 6.07) is 1.04. The highest BCUT2D eigenvalue weighted by molar-refractivity contribution is 7.89. The number of rotatable bonds is 4. The Morgan fingerprint density at radius 3 is 2.81 bits per heavy atom. The summed E-state index contributed by atoms with van der Waals surface area (Å²) in [5.74, 6) is 0. The fourth-order valence-corrected chi connectivity index (χ4v) is 2.40. The molecule has 0 aliphatic carbocycles. The molecule has 0 spiro atoms. The molecule has 2 heterocycles. The van der Waals surface area contributed by atoms with Gasteiger partial charge in [-0.2, -0.15) is 10.2 Å². The van der Waals surface area contributed by atoms with Crippen LogP contribution in [-0.2, 0) is 10.0 Å². The van der Waals surface area contributed by atoms with E-state index in [0.717, 1.165) is 5.56 Å². The molecular weight excluding hydrogens is 230 g/mol. The number of hydrogen-bond donors (Lipinski definition) is 3. The van der Waals surface area contributed by atoms with Crippen LogP contribution >= 0.6 is 0 Å². The third kappa shape index (κ3) is 2.12. The first-order valence-corrected chi connectivity index (χ1v) is 6.08. The highest BCUT2D eigenvalue weighted by Crippen LogP contribution is 2.13. The van der Waals surface area contributed by atoms with E-state index in [1.54, 1.807) is 19.3 Å². The molecule has 16 heavy (non-hydrogen) atoms. The number of hydrogen-bond acceptors (Lipinski definition) is 4. The van der Waals surface area contributed by atoms with Gasteiger partial charge in [0.25, 0.3) is 10.0 Å². The fraction of sp³-hybridized carbons (Fsp3) is 0.250. The van der Waals surface area contributed by atoms with Crippen molar-refractivity contribution < 1.29 is 8.42 Å². The van der Waals surface area contributed by atoms with Gasteiger partial charge in [0.2, 0.25) is 0 Å². The number of aromatic nitrogens is 4.